The molecule has 2 aromatic rings. The highest BCUT2D eigenvalue weighted by atomic mass is 35.5. The molecule has 0 amide bonds. The van der Waals surface area contributed by atoms with Gasteiger partial charge in [-0.2, -0.15) is 0 Å². The zero-order valence-corrected chi connectivity index (χ0v) is 16.9. The van der Waals surface area contributed by atoms with E-state index in [1.807, 2.05) is 42.3 Å². The third kappa shape index (κ3) is 5.40. The lowest BCUT2D eigenvalue weighted by atomic mass is 10.0. The molecule has 0 N–H and O–H groups in total. The minimum atomic E-state index is -0.261. The van der Waals surface area contributed by atoms with Crippen LogP contribution in [0.5, 0.6) is 0 Å². The van der Waals surface area contributed by atoms with E-state index < -0.39 is 0 Å². The Balaban J connectivity index is 1.82. The number of fused-ring (bicyclic) bond motifs is 2. The number of carbonyl (C=O) groups is 1. The maximum absolute atomic E-state index is 10.8. The fraction of sp³-hybridized carbons (Fsp3) is 0.227. The SMILES string of the molecule is CC(=O)OCCN(C)CC#CC1=Cc2ccccc2Sc2ccc(Cl)cc21. The molecule has 1 aliphatic heterocycles. The highest BCUT2D eigenvalue weighted by Crippen LogP contribution is 2.41. The van der Waals surface area contributed by atoms with Gasteiger partial charge in [0.15, 0.2) is 0 Å². The lowest BCUT2D eigenvalue weighted by Crippen LogP contribution is -2.24. The Hall–Kier alpha value is -2.19. The summed E-state index contributed by atoms with van der Waals surface area (Å²) in [6.45, 7) is 3.02. The number of ether oxygens (including phenoxy) is 1. The van der Waals surface area contributed by atoms with E-state index >= 15 is 0 Å². The number of likely N-dealkylation sites (N-methyl/N-ethyl adjacent to an activating group) is 1. The van der Waals surface area contributed by atoms with Gasteiger partial charge in [0.05, 0.1) is 6.54 Å². The Morgan fingerprint density at radius 2 is 2.04 bits per heavy atom. The van der Waals surface area contributed by atoms with Crippen molar-refractivity contribution in [3.05, 3.63) is 58.6 Å². The average Bonchev–Trinajstić information content (AvgIpc) is 2.78. The molecule has 0 aliphatic carbocycles. The first-order valence-corrected chi connectivity index (χ1v) is 9.81. The van der Waals surface area contributed by atoms with Gasteiger partial charge in [0, 0.05) is 39.4 Å². The number of hydrogen-bond donors (Lipinski definition) is 0. The Bertz CT molecular complexity index is 943. The number of halogens is 1. The van der Waals surface area contributed by atoms with Gasteiger partial charge in [0.1, 0.15) is 6.61 Å². The zero-order valence-electron chi connectivity index (χ0n) is 15.3. The molecule has 0 atom stereocenters. The van der Waals surface area contributed by atoms with E-state index in [0.717, 1.165) is 21.6 Å². The van der Waals surface area contributed by atoms with Crippen molar-refractivity contribution < 1.29 is 9.53 Å². The highest BCUT2D eigenvalue weighted by molar-refractivity contribution is 7.99. The first-order valence-electron chi connectivity index (χ1n) is 8.62. The summed E-state index contributed by atoms with van der Waals surface area (Å²) in [5.41, 5.74) is 3.17. The van der Waals surface area contributed by atoms with Crippen LogP contribution in [0.3, 0.4) is 0 Å². The van der Waals surface area contributed by atoms with E-state index in [1.54, 1.807) is 11.8 Å². The molecule has 2 aromatic carbocycles. The molecule has 0 radical (unpaired) electrons. The average molecular weight is 398 g/mol. The molecule has 1 heterocycles. The molecule has 138 valence electrons. The normalized spacial score (nSPS) is 12.2. The minimum Gasteiger partial charge on any atom is -0.465 e. The van der Waals surface area contributed by atoms with Crippen LogP contribution >= 0.6 is 23.4 Å². The van der Waals surface area contributed by atoms with E-state index in [0.29, 0.717) is 24.7 Å². The summed E-state index contributed by atoms with van der Waals surface area (Å²) in [6, 6.07) is 14.2. The summed E-state index contributed by atoms with van der Waals surface area (Å²) >= 11 is 7.97. The highest BCUT2D eigenvalue weighted by Gasteiger charge is 2.15. The van der Waals surface area contributed by atoms with Crippen molar-refractivity contribution in [3.63, 3.8) is 0 Å². The summed E-state index contributed by atoms with van der Waals surface area (Å²) in [7, 11) is 1.95. The second kappa shape index (κ2) is 9.14. The van der Waals surface area contributed by atoms with Gasteiger partial charge < -0.3 is 4.74 Å². The molecule has 0 spiro atoms. The van der Waals surface area contributed by atoms with Crippen molar-refractivity contribution in [2.75, 3.05) is 26.7 Å². The summed E-state index contributed by atoms with van der Waals surface area (Å²) in [4.78, 5) is 15.2. The number of hydrogen-bond acceptors (Lipinski definition) is 4. The Kier molecular flexibility index (Phi) is 6.63. The van der Waals surface area contributed by atoms with Crippen LogP contribution in [0.15, 0.2) is 52.3 Å². The number of allylic oxidation sites excluding steroid dienone is 1. The number of rotatable bonds is 4. The van der Waals surface area contributed by atoms with Gasteiger partial charge in [-0.15, -0.1) is 0 Å². The molecule has 0 aromatic heterocycles. The van der Waals surface area contributed by atoms with Crippen molar-refractivity contribution in [2.24, 2.45) is 0 Å². The number of benzene rings is 2. The van der Waals surface area contributed by atoms with Crippen molar-refractivity contribution in [1.82, 2.24) is 4.90 Å². The fourth-order valence-electron chi connectivity index (χ4n) is 2.64. The molecule has 0 bridgehead atoms. The Morgan fingerprint density at radius 1 is 1.22 bits per heavy atom. The summed E-state index contributed by atoms with van der Waals surface area (Å²) in [5, 5.41) is 0.700. The van der Waals surface area contributed by atoms with Crippen LogP contribution in [0.2, 0.25) is 5.02 Å². The second-order valence-electron chi connectivity index (χ2n) is 6.22. The topological polar surface area (TPSA) is 29.5 Å². The Labute approximate surface area is 169 Å². The van der Waals surface area contributed by atoms with E-state index in [2.05, 4.69) is 30.0 Å². The van der Waals surface area contributed by atoms with Gasteiger partial charge in [-0.25, -0.2) is 0 Å². The quantitative estimate of drug-likeness (QED) is 0.545. The second-order valence-corrected chi connectivity index (χ2v) is 7.74. The van der Waals surface area contributed by atoms with Crippen LogP contribution in [0, 0.1) is 11.8 Å². The van der Waals surface area contributed by atoms with Crippen LogP contribution in [-0.4, -0.2) is 37.6 Å². The van der Waals surface area contributed by atoms with Crippen LogP contribution in [0.4, 0.5) is 0 Å². The minimum absolute atomic E-state index is 0.261. The molecular formula is C22H20ClNO2S. The van der Waals surface area contributed by atoms with E-state index in [9.17, 15) is 4.79 Å². The number of nitrogens with zero attached hydrogens (tertiary/aromatic N) is 1. The lowest BCUT2D eigenvalue weighted by molar-refractivity contribution is -0.141. The maximum atomic E-state index is 10.8. The summed E-state index contributed by atoms with van der Waals surface area (Å²) < 4.78 is 4.97. The largest absolute Gasteiger partial charge is 0.465 e. The molecule has 3 nitrogen and oxygen atoms in total. The molecule has 0 fully saturated rings. The molecule has 5 heteroatoms. The van der Waals surface area contributed by atoms with Gasteiger partial charge in [0.25, 0.3) is 0 Å². The van der Waals surface area contributed by atoms with Gasteiger partial charge >= 0.3 is 5.97 Å². The zero-order chi connectivity index (χ0) is 19.2. The van der Waals surface area contributed by atoms with Crippen LogP contribution in [-0.2, 0) is 9.53 Å². The molecule has 1 aliphatic rings. The summed E-state index contributed by atoms with van der Waals surface area (Å²) in [5.74, 6) is 6.27. The van der Waals surface area contributed by atoms with Gasteiger partial charge in [0.2, 0.25) is 0 Å². The molecule has 0 saturated carbocycles. The standard InChI is InChI=1S/C22H20ClNO2S/c1-16(25)26-13-12-24(2)11-5-7-17-14-18-6-3-4-8-21(18)27-22-10-9-19(23)15-20(17)22/h3-4,6,8-10,14-15H,11-13H2,1-2H3. The van der Waals surface area contributed by atoms with Crippen molar-refractivity contribution in [1.29, 1.82) is 0 Å². The first kappa shape index (κ1) is 19.6. The number of esters is 1. The lowest BCUT2D eigenvalue weighted by Gasteiger charge is -2.12. The monoisotopic (exact) mass is 397 g/mol. The van der Waals surface area contributed by atoms with E-state index in [4.69, 9.17) is 16.3 Å². The molecular weight excluding hydrogens is 378 g/mol. The van der Waals surface area contributed by atoms with Gasteiger partial charge in [-0.05, 0) is 43.0 Å². The number of carbonyl (C=O) groups excluding carboxylic acids is 1. The maximum Gasteiger partial charge on any atom is 0.302 e. The van der Waals surface area contributed by atoms with Crippen LogP contribution < -0.4 is 0 Å². The molecule has 27 heavy (non-hydrogen) atoms. The van der Waals surface area contributed by atoms with Crippen molar-refractivity contribution in [2.45, 2.75) is 16.7 Å². The third-order valence-electron chi connectivity index (χ3n) is 4.02. The predicted octanol–water partition coefficient (Wildman–Crippen LogP) is 4.84. The summed E-state index contributed by atoms with van der Waals surface area (Å²) in [6.07, 6.45) is 2.12. The molecule has 3 rings (SSSR count). The molecule has 0 saturated heterocycles. The van der Waals surface area contributed by atoms with Crippen molar-refractivity contribution >= 4 is 41.0 Å². The van der Waals surface area contributed by atoms with Crippen LogP contribution in [0.1, 0.15) is 18.1 Å². The predicted molar refractivity (Wildman–Crippen MR) is 112 cm³/mol. The van der Waals surface area contributed by atoms with E-state index in [1.165, 1.54) is 11.8 Å². The smallest absolute Gasteiger partial charge is 0.302 e. The van der Waals surface area contributed by atoms with Crippen molar-refractivity contribution in [3.8, 4) is 11.8 Å². The molecule has 0 unspecified atom stereocenters. The van der Waals surface area contributed by atoms with Gasteiger partial charge in [-0.3, -0.25) is 9.69 Å². The Morgan fingerprint density at radius 3 is 2.85 bits per heavy atom. The van der Waals surface area contributed by atoms with E-state index in [-0.39, 0.29) is 5.97 Å². The fourth-order valence-corrected chi connectivity index (χ4v) is 3.86. The van der Waals surface area contributed by atoms with Crippen LogP contribution in [0.25, 0.3) is 11.6 Å². The van der Waals surface area contributed by atoms with Gasteiger partial charge in [-0.1, -0.05) is 53.4 Å². The first-order chi connectivity index (χ1) is 13.0. The third-order valence-corrected chi connectivity index (χ3v) is 5.42.